The van der Waals surface area contributed by atoms with Crippen LogP contribution in [0.5, 0.6) is 0 Å². The fourth-order valence-electron chi connectivity index (χ4n) is 3.06. The second kappa shape index (κ2) is 7.82. The van der Waals surface area contributed by atoms with Crippen LogP contribution in [-0.2, 0) is 5.33 Å². The summed E-state index contributed by atoms with van der Waals surface area (Å²) in [6, 6.07) is 7.78. The molecule has 2 unspecified atom stereocenters. The van der Waals surface area contributed by atoms with Crippen molar-refractivity contribution < 1.29 is 4.79 Å². The maximum absolute atomic E-state index is 12.0. The van der Waals surface area contributed by atoms with E-state index >= 15 is 0 Å². The molecule has 0 bridgehead atoms. The Morgan fingerprint density at radius 2 is 2.05 bits per heavy atom. The Morgan fingerprint density at radius 3 is 2.70 bits per heavy atom. The standard InChI is InChI=1S/C17H24BrNO/c1-13-3-2-4-14(11-13)9-10-19-17(20)16-7-5-15(12-18)6-8-16/h5-8,13-14H,2-4,9-12H2,1H3,(H,19,20). The molecular formula is C17H24BrNO. The number of amides is 1. The minimum absolute atomic E-state index is 0.0509. The van der Waals surface area contributed by atoms with Gasteiger partial charge in [0.25, 0.3) is 5.91 Å². The van der Waals surface area contributed by atoms with Gasteiger partial charge in [0.1, 0.15) is 0 Å². The summed E-state index contributed by atoms with van der Waals surface area (Å²) >= 11 is 3.41. The van der Waals surface area contributed by atoms with E-state index < -0.39 is 0 Å². The van der Waals surface area contributed by atoms with Crippen LogP contribution in [0.15, 0.2) is 24.3 Å². The molecule has 0 radical (unpaired) electrons. The highest BCUT2D eigenvalue weighted by molar-refractivity contribution is 9.08. The van der Waals surface area contributed by atoms with Crippen molar-refractivity contribution in [3.8, 4) is 0 Å². The van der Waals surface area contributed by atoms with E-state index in [9.17, 15) is 4.79 Å². The fraction of sp³-hybridized carbons (Fsp3) is 0.588. The molecule has 1 N–H and O–H groups in total. The lowest BCUT2D eigenvalue weighted by Gasteiger charge is -2.26. The van der Waals surface area contributed by atoms with Crippen LogP contribution in [0.2, 0.25) is 0 Å². The van der Waals surface area contributed by atoms with Crippen LogP contribution in [0, 0.1) is 11.8 Å². The second-order valence-electron chi connectivity index (χ2n) is 6.01. The molecule has 0 aromatic heterocycles. The molecule has 1 aromatic rings. The molecular weight excluding hydrogens is 314 g/mol. The SMILES string of the molecule is CC1CCCC(CCNC(=O)c2ccc(CBr)cc2)C1. The summed E-state index contributed by atoms with van der Waals surface area (Å²) in [4.78, 5) is 12.0. The van der Waals surface area contributed by atoms with Crippen LogP contribution in [0.1, 0.15) is 54.9 Å². The van der Waals surface area contributed by atoms with E-state index in [1.807, 2.05) is 24.3 Å². The van der Waals surface area contributed by atoms with Gasteiger partial charge in [0.2, 0.25) is 0 Å². The zero-order chi connectivity index (χ0) is 14.4. The lowest BCUT2D eigenvalue weighted by Crippen LogP contribution is -2.27. The van der Waals surface area contributed by atoms with Crippen LogP contribution < -0.4 is 5.32 Å². The molecule has 1 fully saturated rings. The minimum atomic E-state index is 0.0509. The number of halogens is 1. The Morgan fingerprint density at radius 1 is 1.30 bits per heavy atom. The van der Waals surface area contributed by atoms with Crippen molar-refractivity contribution in [2.45, 2.75) is 44.4 Å². The topological polar surface area (TPSA) is 29.1 Å². The van der Waals surface area contributed by atoms with Crippen molar-refractivity contribution in [2.24, 2.45) is 11.8 Å². The summed E-state index contributed by atoms with van der Waals surface area (Å²) < 4.78 is 0. The lowest BCUT2D eigenvalue weighted by molar-refractivity contribution is 0.0949. The van der Waals surface area contributed by atoms with E-state index in [0.29, 0.717) is 0 Å². The van der Waals surface area contributed by atoms with Crippen molar-refractivity contribution >= 4 is 21.8 Å². The number of nitrogens with one attached hydrogen (secondary N) is 1. The zero-order valence-corrected chi connectivity index (χ0v) is 13.8. The largest absolute Gasteiger partial charge is 0.352 e. The monoisotopic (exact) mass is 337 g/mol. The number of benzene rings is 1. The van der Waals surface area contributed by atoms with Gasteiger partial charge in [-0.3, -0.25) is 4.79 Å². The van der Waals surface area contributed by atoms with E-state index in [0.717, 1.165) is 35.7 Å². The van der Waals surface area contributed by atoms with Crippen LogP contribution in [0.4, 0.5) is 0 Å². The molecule has 2 atom stereocenters. The fourth-order valence-corrected chi connectivity index (χ4v) is 3.43. The van der Waals surface area contributed by atoms with E-state index in [1.165, 1.54) is 31.2 Å². The minimum Gasteiger partial charge on any atom is -0.352 e. The third-order valence-electron chi connectivity index (χ3n) is 4.25. The molecule has 0 heterocycles. The summed E-state index contributed by atoms with van der Waals surface area (Å²) in [6.07, 6.45) is 6.52. The number of alkyl halides is 1. The number of carbonyl (C=O) groups is 1. The van der Waals surface area contributed by atoms with Crippen LogP contribution in [0.3, 0.4) is 0 Å². The van der Waals surface area contributed by atoms with E-state index in [4.69, 9.17) is 0 Å². The molecule has 3 heteroatoms. The van der Waals surface area contributed by atoms with Gasteiger partial charge in [-0.25, -0.2) is 0 Å². The summed E-state index contributed by atoms with van der Waals surface area (Å²) in [5, 5.41) is 3.88. The quantitative estimate of drug-likeness (QED) is 0.786. The average molecular weight is 338 g/mol. The summed E-state index contributed by atoms with van der Waals surface area (Å²) in [5.41, 5.74) is 1.95. The summed E-state index contributed by atoms with van der Waals surface area (Å²) in [7, 11) is 0. The Hall–Kier alpha value is -0.830. The molecule has 20 heavy (non-hydrogen) atoms. The highest BCUT2D eigenvalue weighted by atomic mass is 79.9. The predicted molar refractivity (Wildman–Crippen MR) is 87.1 cm³/mol. The first-order valence-electron chi connectivity index (χ1n) is 7.62. The second-order valence-corrected chi connectivity index (χ2v) is 6.57. The van der Waals surface area contributed by atoms with Gasteiger partial charge >= 0.3 is 0 Å². The number of carbonyl (C=O) groups excluding carboxylic acids is 1. The summed E-state index contributed by atoms with van der Waals surface area (Å²) in [5.74, 6) is 1.71. The highest BCUT2D eigenvalue weighted by Gasteiger charge is 2.18. The molecule has 1 aliphatic rings. The molecule has 0 spiro atoms. The van der Waals surface area contributed by atoms with Crippen LogP contribution >= 0.6 is 15.9 Å². The zero-order valence-electron chi connectivity index (χ0n) is 12.2. The van der Waals surface area contributed by atoms with Crippen LogP contribution in [0.25, 0.3) is 0 Å². The Labute approximate surface area is 130 Å². The van der Waals surface area contributed by atoms with Crippen molar-refractivity contribution in [1.29, 1.82) is 0 Å². The van der Waals surface area contributed by atoms with Gasteiger partial charge in [0.15, 0.2) is 0 Å². The van der Waals surface area contributed by atoms with Crippen molar-refractivity contribution in [3.63, 3.8) is 0 Å². The van der Waals surface area contributed by atoms with Gasteiger partial charge in [0, 0.05) is 17.4 Å². The molecule has 2 nitrogen and oxygen atoms in total. The number of hydrogen-bond donors (Lipinski definition) is 1. The van der Waals surface area contributed by atoms with Gasteiger partial charge in [-0.05, 0) is 42.4 Å². The Bertz CT molecular complexity index is 429. The Kier molecular flexibility index (Phi) is 6.08. The first-order chi connectivity index (χ1) is 9.69. The number of hydrogen-bond acceptors (Lipinski definition) is 1. The molecule has 2 rings (SSSR count). The normalized spacial score (nSPS) is 22.5. The molecule has 110 valence electrons. The first-order valence-corrected chi connectivity index (χ1v) is 8.74. The molecule has 1 amide bonds. The smallest absolute Gasteiger partial charge is 0.251 e. The van der Waals surface area contributed by atoms with Gasteiger partial charge in [-0.15, -0.1) is 0 Å². The lowest BCUT2D eigenvalue weighted by atomic mass is 9.81. The third-order valence-corrected chi connectivity index (χ3v) is 4.90. The maximum Gasteiger partial charge on any atom is 0.251 e. The summed E-state index contributed by atoms with van der Waals surface area (Å²) in [6.45, 7) is 3.15. The van der Waals surface area contributed by atoms with Gasteiger partial charge < -0.3 is 5.32 Å². The first kappa shape index (κ1) is 15.6. The number of rotatable bonds is 5. The van der Waals surface area contributed by atoms with Gasteiger partial charge in [0.05, 0.1) is 0 Å². The molecule has 0 saturated heterocycles. The van der Waals surface area contributed by atoms with E-state index in [1.54, 1.807) is 0 Å². The molecule has 1 aromatic carbocycles. The highest BCUT2D eigenvalue weighted by Crippen LogP contribution is 2.30. The van der Waals surface area contributed by atoms with Crippen molar-refractivity contribution in [1.82, 2.24) is 5.32 Å². The van der Waals surface area contributed by atoms with Gasteiger partial charge in [-0.2, -0.15) is 0 Å². The van der Waals surface area contributed by atoms with E-state index in [-0.39, 0.29) is 5.91 Å². The van der Waals surface area contributed by atoms with Gasteiger partial charge in [-0.1, -0.05) is 54.2 Å². The Balaban J connectivity index is 1.74. The van der Waals surface area contributed by atoms with E-state index in [2.05, 4.69) is 28.2 Å². The van der Waals surface area contributed by atoms with Crippen molar-refractivity contribution in [3.05, 3.63) is 35.4 Å². The maximum atomic E-state index is 12.0. The van der Waals surface area contributed by atoms with Crippen molar-refractivity contribution in [2.75, 3.05) is 6.54 Å². The average Bonchev–Trinajstić information content (AvgIpc) is 2.47. The predicted octanol–water partition coefficient (Wildman–Crippen LogP) is 4.53. The third kappa shape index (κ3) is 4.62. The molecule has 1 aliphatic carbocycles. The van der Waals surface area contributed by atoms with Crippen LogP contribution in [-0.4, -0.2) is 12.5 Å². The molecule has 0 aliphatic heterocycles. The molecule has 1 saturated carbocycles.